The van der Waals surface area contributed by atoms with E-state index in [9.17, 15) is 16.8 Å². The average molecular weight is 331 g/mol. The fourth-order valence-corrected chi connectivity index (χ4v) is 3.36. The first-order chi connectivity index (χ1) is 9.59. The van der Waals surface area contributed by atoms with Gasteiger partial charge in [-0.2, -0.15) is 4.98 Å². The Morgan fingerprint density at radius 1 is 1.24 bits per heavy atom. The lowest BCUT2D eigenvalue weighted by molar-refractivity contribution is 0.569. The minimum absolute atomic E-state index is 0.0850. The molecule has 0 spiro atoms. The highest BCUT2D eigenvalue weighted by Crippen LogP contribution is 2.24. The second-order valence-electron chi connectivity index (χ2n) is 4.37. The molecule has 21 heavy (non-hydrogen) atoms. The van der Waals surface area contributed by atoms with Gasteiger partial charge < -0.3 is 10.2 Å². The van der Waals surface area contributed by atoms with Gasteiger partial charge in [0.25, 0.3) is 10.0 Å². The van der Waals surface area contributed by atoms with E-state index in [0.29, 0.717) is 5.69 Å². The van der Waals surface area contributed by atoms with Crippen molar-refractivity contribution in [1.82, 2.24) is 4.98 Å². The Labute approximate surface area is 122 Å². The van der Waals surface area contributed by atoms with E-state index in [-0.39, 0.29) is 21.5 Å². The molecule has 114 valence electrons. The third kappa shape index (κ3) is 3.34. The largest absolute Gasteiger partial charge is 0.431 e. The molecule has 0 radical (unpaired) electrons. The summed E-state index contributed by atoms with van der Waals surface area (Å²) in [6.45, 7) is 1.62. The maximum atomic E-state index is 12.2. The molecule has 1 aromatic heterocycles. The van der Waals surface area contributed by atoms with Gasteiger partial charge in [-0.1, -0.05) is 0 Å². The molecule has 0 fully saturated rings. The Balaban J connectivity index is 2.49. The van der Waals surface area contributed by atoms with Crippen molar-refractivity contribution < 1.29 is 21.3 Å². The van der Waals surface area contributed by atoms with Crippen LogP contribution in [-0.4, -0.2) is 28.1 Å². The quantitative estimate of drug-likeness (QED) is 0.790. The van der Waals surface area contributed by atoms with Crippen molar-refractivity contribution in [3.8, 4) is 0 Å². The number of rotatable bonds is 4. The Morgan fingerprint density at radius 3 is 2.43 bits per heavy atom. The minimum atomic E-state index is -4.11. The molecule has 0 unspecified atom stereocenters. The van der Waals surface area contributed by atoms with Gasteiger partial charge in [0, 0.05) is 6.26 Å². The minimum Gasteiger partial charge on any atom is -0.431 e. The first kappa shape index (κ1) is 15.3. The topological polar surface area (TPSA) is 132 Å². The van der Waals surface area contributed by atoms with Crippen LogP contribution >= 0.6 is 0 Å². The summed E-state index contributed by atoms with van der Waals surface area (Å²) < 4.78 is 54.4. The number of nitrogens with two attached hydrogens (primary N) is 1. The highest BCUT2D eigenvalue weighted by atomic mass is 32.2. The second-order valence-corrected chi connectivity index (χ2v) is 8.04. The number of sulfonamides is 1. The molecule has 0 saturated heterocycles. The third-order valence-corrected chi connectivity index (χ3v) is 5.03. The van der Waals surface area contributed by atoms with Crippen molar-refractivity contribution in [1.29, 1.82) is 0 Å². The van der Waals surface area contributed by atoms with E-state index < -0.39 is 19.9 Å². The summed E-state index contributed by atoms with van der Waals surface area (Å²) in [5.41, 5.74) is 6.02. The van der Waals surface area contributed by atoms with Crippen molar-refractivity contribution >= 4 is 31.6 Å². The van der Waals surface area contributed by atoms with Gasteiger partial charge in [0.2, 0.25) is 0 Å². The lowest BCUT2D eigenvalue weighted by Crippen LogP contribution is -2.16. The number of nitrogen functional groups attached to an aromatic ring is 1. The standard InChI is InChI=1S/C11H13N3O5S2/c1-7-6-19-11(13-7)14-21(17,18)10-5-8(20(2,15)16)3-4-9(10)12/h3-6H,12H2,1-2H3,(H,13,14). The molecule has 0 aliphatic heterocycles. The molecule has 1 heterocycles. The number of aryl methyl sites for hydroxylation is 1. The SMILES string of the molecule is Cc1coc(NS(=O)(=O)c2cc(S(C)(=O)=O)ccc2N)n1. The number of aromatic nitrogens is 1. The molecule has 0 atom stereocenters. The van der Waals surface area contributed by atoms with Gasteiger partial charge in [-0.3, -0.25) is 0 Å². The van der Waals surface area contributed by atoms with Crippen molar-refractivity contribution in [2.24, 2.45) is 0 Å². The van der Waals surface area contributed by atoms with Crippen molar-refractivity contribution in [3.05, 3.63) is 30.2 Å². The number of oxazole rings is 1. The van der Waals surface area contributed by atoms with E-state index in [1.165, 1.54) is 18.4 Å². The average Bonchev–Trinajstić information content (AvgIpc) is 2.72. The molecular weight excluding hydrogens is 318 g/mol. The first-order valence-corrected chi connectivity index (χ1v) is 9.01. The fraction of sp³-hybridized carbons (Fsp3) is 0.182. The van der Waals surface area contributed by atoms with E-state index in [4.69, 9.17) is 10.2 Å². The Kier molecular flexibility index (Phi) is 3.68. The second kappa shape index (κ2) is 5.04. The maximum Gasteiger partial charge on any atom is 0.309 e. The highest BCUT2D eigenvalue weighted by Gasteiger charge is 2.22. The zero-order chi connectivity index (χ0) is 15.8. The van der Waals surface area contributed by atoms with E-state index >= 15 is 0 Å². The summed E-state index contributed by atoms with van der Waals surface area (Å²) in [7, 11) is -7.67. The monoisotopic (exact) mass is 331 g/mol. The number of anilines is 2. The maximum absolute atomic E-state index is 12.2. The number of benzene rings is 1. The van der Waals surface area contributed by atoms with Gasteiger partial charge in [-0.25, -0.2) is 21.6 Å². The normalized spacial score (nSPS) is 12.3. The number of hydrogen-bond donors (Lipinski definition) is 2. The van der Waals surface area contributed by atoms with Crippen LogP contribution in [0.4, 0.5) is 11.7 Å². The van der Waals surface area contributed by atoms with Gasteiger partial charge in [0.15, 0.2) is 9.84 Å². The van der Waals surface area contributed by atoms with Gasteiger partial charge >= 0.3 is 6.01 Å². The van der Waals surface area contributed by atoms with Crippen molar-refractivity contribution in [3.63, 3.8) is 0 Å². The molecule has 2 aromatic rings. The van der Waals surface area contributed by atoms with Gasteiger partial charge in [-0.05, 0) is 25.1 Å². The fourth-order valence-electron chi connectivity index (χ4n) is 1.55. The molecule has 0 aliphatic carbocycles. The Hall–Kier alpha value is -2.07. The zero-order valence-electron chi connectivity index (χ0n) is 11.2. The van der Waals surface area contributed by atoms with Gasteiger partial charge in [-0.15, -0.1) is 0 Å². The molecule has 0 bridgehead atoms. The third-order valence-electron chi connectivity index (χ3n) is 2.54. The van der Waals surface area contributed by atoms with Crippen LogP contribution in [0.1, 0.15) is 5.69 Å². The van der Waals surface area contributed by atoms with E-state index in [2.05, 4.69) is 9.71 Å². The van der Waals surface area contributed by atoms with Crippen LogP contribution in [-0.2, 0) is 19.9 Å². The molecule has 10 heteroatoms. The first-order valence-electron chi connectivity index (χ1n) is 5.64. The molecule has 1 aromatic carbocycles. The molecule has 0 aliphatic rings. The van der Waals surface area contributed by atoms with Crippen LogP contribution in [0.25, 0.3) is 0 Å². The smallest absolute Gasteiger partial charge is 0.309 e. The Bertz CT molecular complexity index is 884. The predicted octanol–water partition coefficient (Wildman–Crippen LogP) is 0.770. The van der Waals surface area contributed by atoms with Crippen LogP contribution in [0.3, 0.4) is 0 Å². The van der Waals surface area contributed by atoms with Crippen molar-refractivity contribution in [2.75, 3.05) is 16.7 Å². The van der Waals surface area contributed by atoms with Crippen molar-refractivity contribution in [2.45, 2.75) is 16.7 Å². The Morgan fingerprint density at radius 2 is 1.90 bits per heavy atom. The summed E-state index contributed by atoms with van der Waals surface area (Å²) in [6.07, 6.45) is 2.24. The predicted molar refractivity (Wildman–Crippen MR) is 76.0 cm³/mol. The zero-order valence-corrected chi connectivity index (χ0v) is 12.8. The van der Waals surface area contributed by atoms with E-state index in [0.717, 1.165) is 12.3 Å². The van der Waals surface area contributed by atoms with E-state index in [1.54, 1.807) is 6.92 Å². The van der Waals surface area contributed by atoms with Crippen LogP contribution in [0.2, 0.25) is 0 Å². The summed E-state index contributed by atoms with van der Waals surface area (Å²) >= 11 is 0. The number of nitrogens with zero attached hydrogens (tertiary/aromatic N) is 1. The molecule has 0 saturated carbocycles. The van der Waals surface area contributed by atoms with Crippen LogP contribution in [0, 0.1) is 6.92 Å². The summed E-state index contributed by atoms with van der Waals surface area (Å²) in [5, 5.41) is 0. The molecule has 0 amide bonds. The highest BCUT2D eigenvalue weighted by molar-refractivity contribution is 7.93. The number of sulfone groups is 1. The molecule has 2 rings (SSSR count). The van der Waals surface area contributed by atoms with E-state index in [1.807, 2.05) is 0 Å². The summed E-state index contributed by atoms with van der Waals surface area (Å²) in [6, 6.07) is 3.21. The lowest BCUT2D eigenvalue weighted by Gasteiger charge is -2.09. The van der Waals surface area contributed by atoms with Crippen LogP contribution in [0.5, 0.6) is 0 Å². The van der Waals surface area contributed by atoms with Gasteiger partial charge in [0.05, 0.1) is 16.3 Å². The van der Waals surface area contributed by atoms with Crippen LogP contribution in [0.15, 0.2) is 38.7 Å². The number of hydrogen-bond acceptors (Lipinski definition) is 7. The molecule has 8 nitrogen and oxygen atoms in total. The number of nitrogens with one attached hydrogen (secondary N) is 1. The summed E-state index contributed by atoms with van der Waals surface area (Å²) in [5.74, 6) is 0. The summed E-state index contributed by atoms with van der Waals surface area (Å²) in [4.78, 5) is 3.29. The molecular formula is C11H13N3O5S2. The van der Waals surface area contributed by atoms with Gasteiger partial charge in [0.1, 0.15) is 11.2 Å². The lowest BCUT2D eigenvalue weighted by atomic mass is 10.3. The van der Waals surface area contributed by atoms with Crippen LogP contribution < -0.4 is 10.5 Å². The molecule has 3 N–H and O–H groups in total.